The van der Waals surface area contributed by atoms with Crippen molar-refractivity contribution < 1.29 is 24.0 Å². The van der Waals surface area contributed by atoms with Crippen LogP contribution in [0.5, 0.6) is 0 Å². The van der Waals surface area contributed by atoms with Gasteiger partial charge in [-0.3, -0.25) is 24.0 Å². The summed E-state index contributed by atoms with van der Waals surface area (Å²) < 4.78 is 0. The highest BCUT2D eigenvalue weighted by molar-refractivity contribution is 6.38. The lowest BCUT2D eigenvalue weighted by Gasteiger charge is -2.26. The Morgan fingerprint density at radius 3 is 2.52 bits per heavy atom. The average Bonchev–Trinajstić information content (AvgIpc) is 3.69. The molecule has 3 N–H and O–H groups in total. The number of carbonyl (C=O) groups excluding carboxylic acids is 5. The number of nitrogens with zero attached hydrogens (tertiary/aromatic N) is 1. The van der Waals surface area contributed by atoms with Gasteiger partial charge in [0.05, 0.1) is 6.04 Å². The molecule has 0 spiro atoms. The number of fused-ring (bicyclic) bond motifs is 1. The summed E-state index contributed by atoms with van der Waals surface area (Å²) in [7, 11) is 0. The van der Waals surface area contributed by atoms with Gasteiger partial charge in [0.1, 0.15) is 17.5 Å². The summed E-state index contributed by atoms with van der Waals surface area (Å²) in [5, 5.41) is 6.29. The summed E-state index contributed by atoms with van der Waals surface area (Å²) in [4.78, 5) is 70.3. The number of benzene rings is 2. The molecule has 40 heavy (non-hydrogen) atoms. The fourth-order valence-electron chi connectivity index (χ4n) is 5.81. The van der Waals surface area contributed by atoms with E-state index in [0.29, 0.717) is 31.5 Å². The number of amides is 3. The van der Waals surface area contributed by atoms with Crippen molar-refractivity contribution in [2.24, 2.45) is 11.8 Å². The number of Topliss-reactive ketones (excluding diaryl/α,β-unsaturated/α-hetero) is 2. The van der Waals surface area contributed by atoms with Gasteiger partial charge in [0.2, 0.25) is 11.7 Å². The number of carbonyl (C=O) groups is 5. The number of aromatic nitrogens is 1. The van der Waals surface area contributed by atoms with Crippen molar-refractivity contribution in [1.29, 1.82) is 0 Å². The second kappa shape index (κ2) is 11.9. The van der Waals surface area contributed by atoms with Gasteiger partial charge in [0.15, 0.2) is 0 Å². The second-order valence-corrected chi connectivity index (χ2v) is 11.0. The zero-order chi connectivity index (χ0) is 28.2. The average molecular weight is 543 g/mol. The Morgan fingerprint density at radius 1 is 1.05 bits per heavy atom. The normalized spacial score (nSPS) is 21.4. The lowest BCUT2D eigenvalue weighted by Crippen LogP contribution is -2.54. The minimum absolute atomic E-state index is 0.0434. The maximum absolute atomic E-state index is 13.6. The van der Waals surface area contributed by atoms with Crippen LogP contribution in [0, 0.1) is 11.8 Å². The first-order valence-corrected chi connectivity index (χ1v) is 13.9. The first-order chi connectivity index (χ1) is 19.3. The van der Waals surface area contributed by atoms with E-state index < -0.39 is 29.7 Å². The molecule has 1 unspecified atom stereocenters. The summed E-state index contributed by atoms with van der Waals surface area (Å²) in [5.74, 6) is -2.66. The molecular formula is C31H34N4O5. The van der Waals surface area contributed by atoms with E-state index in [4.69, 9.17) is 0 Å². The molecule has 2 aliphatic rings. The molecule has 9 nitrogen and oxygen atoms in total. The maximum Gasteiger partial charge on any atom is 0.289 e. The van der Waals surface area contributed by atoms with Crippen LogP contribution in [0.2, 0.25) is 0 Å². The van der Waals surface area contributed by atoms with E-state index in [1.54, 1.807) is 6.07 Å². The molecule has 1 saturated heterocycles. The van der Waals surface area contributed by atoms with Gasteiger partial charge < -0.3 is 20.5 Å². The van der Waals surface area contributed by atoms with Crippen LogP contribution in [-0.4, -0.2) is 57.8 Å². The molecule has 1 aliphatic heterocycles. The van der Waals surface area contributed by atoms with Crippen LogP contribution in [0.3, 0.4) is 0 Å². The van der Waals surface area contributed by atoms with Gasteiger partial charge in [-0.05, 0) is 49.3 Å². The highest BCUT2D eigenvalue weighted by Gasteiger charge is 2.41. The summed E-state index contributed by atoms with van der Waals surface area (Å²) in [6.45, 7) is 2.53. The molecule has 1 aliphatic carbocycles. The van der Waals surface area contributed by atoms with Crippen molar-refractivity contribution in [2.75, 3.05) is 6.54 Å². The van der Waals surface area contributed by atoms with Crippen molar-refractivity contribution in [3.8, 4) is 0 Å². The molecule has 1 saturated carbocycles. The van der Waals surface area contributed by atoms with Crippen molar-refractivity contribution >= 4 is 40.2 Å². The van der Waals surface area contributed by atoms with E-state index in [-0.39, 0.29) is 36.5 Å². The summed E-state index contributed by atoms with van der Waals surface area (Å²) in [6.07, 6.45) is 2.29. The zero-order valence-corrected chi connectivity index (χ0v) is 22.5. The predicted molar refractivity (Wildman–Crippen MR) is 149 cm³/mol. The van der Waals surface area contributed by atoms with Crippen LogP contribution in [0.15, 0.2) is 60.7 Å². The SMILES string of the molecule is C[C@@H]1C[C@@H](C(=O)NC(C[C@@H]2CCCC2=O)C(=O)C(=O)NCc2ccccc2)N(C(=O)c2cc3ccccc3[nH]2)C1. The Morgan fingerprint density at radius 2 is 1.80 bits per heavy atom. The predicted octanol–water partition coefficient (Wildman–Crippen LogP) is 3.15. The van der Waals surface area contributed by atoms with E-state index in [1.807, 2.05) is 61.5 Å². The molecule has 0 bridgehead atoms. The Balaban J connectivity index is 1.31. The van der Waals surface area contributed by atoms with Gasteiger partial charge >= 0.3 is 0 Å². The van der Waals surface area contributed by atoms with Crippen LogP contribution >= 0.6 is 0 Å². The number of rotatable bonds is 9. The van der Waals surface area contributed by atoms with Gasteiger partial charge in [-0.25, -0.2) is 0 Å². The molecule has 0 radical (unpaired) electrons. The molecule has 9 heteroatoms. The number of hydrogen-bond acceptors (Lipinski definition) is 5. The fraction of sp³-hybridized carbons (Fsp3) is 0.387. The van der Waals surface area contributed by atoms with E-state index in [1.165, 1.54) is 4.90 Å². The first-order valence-electron chi connectivity index (χ1n) is 13.9. The molecule has 5 rings (SSSR count). The third-order valence-electron chi connectivity index (χ3n) is 7.94. The van der Waals surface area contributed by atoms with Crippen LogP contribution in [0.25, 0.3) is 10.9 Å². The van der Waals surface area contributed by atoms with Crippen LogP contribution in [-0.2, 0) is 25.7 Å². The van der Waals surface area contributed by atoms with Gasteiger partial charge in [-0.1, -0.05) is 55.5 Å². The summed E-state index contributed by atoms with van der Waals surface area (Å²) in [5.41, 5.74) is 2.05. The topological polar surface area (TPSA) is 128 Å². The summed E-state index contributed by atoms with van der Waals surface area (Å²) in [6, 6.07) is 16.6. The van der Waals surface area contributed by atoms with Crippen molar-refractivity contribution in [2.45, 2.75) is 57.7 Å². The number of H-pyrrole nitrogens is 1. The lowest BCUT2D eigenvalue weighted by molar-refractivity contribution is -0.141. The molecule has 2 fully saturated rings. The van der Waals surface area contributed by atoms with Crippen molar-refractivity contribution in [3.05, 3.63) is 71.9 Å². The van der Waals surface area contributed by atoms with Crippen LogP contribution in [0.4, 0.5) is 0 Å². The van der Waals surface area contributed by atoms with Crippen molar-refractivity contribution in [1.82, 2.24) is 20.5 Å². The van der Waals surface area contributed by atoms with E-state index in [9.17, 15) is 24.0 Å². The monoisotopic (exact) mass is 542 g/mol. The van der Waals surface area contributed by atoms with Crippen LogP contribution in [0.1, 0.15) is 55.1 Å². The minimum Gasteiger partial charge on any atom is -0.351 e. The fourth-order valence-corrected chi connectivity index (χ4v) is 5.81. The van der Waals surface area contributed by atoms with Gasteiger partial charge in [-0.2, -0.15) is 0 Å². The Kier molecular flexibility index (Phi) is 8.09. The van der Waals surface area contributed by atoms with Crippen LogP contribution < -0.4 is 10.6 Å². The number of hydrogen-bond donors (Lipinski definition) is 3. The number of aromatic amines is 1. The lowest BCUT2D eigenvalue weighted by atomic mass is 9.94. The Hall–Kier alpha value is -4.27. The number of nitrogens with one attached hydrogen (secondary N) is 3. The molecule has 3 amide bonds. The largest absolute Gasteiger partial charge is 0.351 e. The molecule has 208 valence electrons. The van der Waals surface area contributed by atoms with Gasteiger partial charge in [0, 0.05) is 36.3 Å². The van der Waals surface area contributed by atoms with Crippen molar-refractivity contribution in [3.63, 3.8) is 0 Å². The molecule has 3 aromatic rings. The maximum atomic E-state index is 13.6. The molecular weight excluding hydrogens is 508 g/mol. The molecule has 4 atom stereocenters. The number of likely N-dealkylation sites (tertiary alicyclic amines) is 1. The highest BCUT2D eigenvalue weighted by Crippen LogP contribution is 2.28. The van der Waals surface area contributed by atoms with Gasteiger partial charge in [0.25, 0.3) is 11.8 Å². The molecule has 2 heterocycles. The minimum atomic E-state index is -1.16. The second-order valence-electron chi connectivity index (χ2n) is 11.0. The van der Waals surface area contributed by atoms with E-state index in [0.717, 1.165) is 22.9 Å². The number of para-hydroxylation sites is 1. The Bertz CT molecular complexity index is 1400. The quantitative estimate of drug-likeness (QED) is 0.358. The van der Waals surface area contributed by atoms with Gasteiger partial charge in [-0.15, -0.1) is 0 Å². The summed E-state index contributed by atoms with van der Waals surface area (Å²) >= 11 is 0. The number of ketones is 2. The third kappa shape index (κ3) is 5.98. The zero-order valence-electron chi connectivity index (χ0n) is 22.5. The molecule has 1 aromatic heterocycles. The molecule has 2 aromatic carbocycles. The standard InChI is InChI=1S/C31H34N4O5/c1-19-14-26(35(18-19)31(40)25-15-21-10-5-6-12-23(21)33-25)29(38)34-24(16-22-11-7-13-27(22)36)28(37)30(39)32-17-20-8-3-2-4-9-20/h2-6,8-10,12,15,19,22,24,26,33H,7,11,13-14,16-18H2,1H3,(H,32,39)(H,34,38)/t19-,22+,24?,26+/m1/s1. The smallest absolute Gasteiger partial charge is 0.289 e. The first kappa shape index (κ1) is 27.3. The van der Waals surface area contributed by atoms with E-state index in [2.05, 4.69) is 15.6 Å². The Labute approximate surface area is 232 Å². The highest BCUT2D eigenvalue weighted by atomic mass is 16.2. The van der Waals surface area contributed by atoms with E-state index >= 15 is 0 Å². The third-order valence-corrected chi connectivity index (χ3v) is 7.94.